The van der Waals surface area contributed by atoms with E-state index in [1.54, 1.807) is 6.07 Å². The van der Waals surface area contributed by atoms with Crippen LogP contribution in [0.1, 0.15) is 25.8 Å². The lowest BCUT2D eigenvalue weighted by Crippen LogP contribution is -2.02. The van der Waals surface area contributed by atoms with Crippen LogP contribution in [0, 0.1) is 17.2 Å². The van der Waals surface area contributed by atoms with Gasteiger partial charge in [0.25, 0.3) is 0 Å². The van der Waals surface area contributed by atoms with Crippen LogP contribution in [0.4, 0.5) is 0 Å². The largest absolute Gasteiger partial charge is 0.492 e. The molecule has 0 radical (unpaired) electrons. The Hall–Kier alpha value is -1.01. The number of hydrogen-bond acceptors (Lipinski definition) is 2. The molecule has 0 saturated heterocycles. The molecule has 0 bridgehead atoms. The fourth-order valence-electron chi connectivity index (χ4n) is 1.11. The molecule has 0 aromatic heterocycles. The molecule has 1 rings (SSSR count). The predicted molar refractivity (Wildman–Crippen MR) is 63.8 cm³/mol. The molecule has 0 heterocycles. The van der Waals surface area contributed by atoms with Crippen molar-refractivity contribution in [2.24, 2.45) is 5.92 Å². The number of benzene rings is 1. The highest BCUT2D eigenvalue weighted by Gasteiger charge is 2.04. The zero-order valence-corrected chi connectivity index (χ0v) is 10.5. The quantitative estimate of drug-likeness (QED) is 0.833. The van der Waals surface area contributed by atoms with Gasteiger partial charge in [0.15, 0.2) is 0 Å². The Morgan fingerprint density at radius 3 is 2.80 bits per heavy atom. The van der Waals surface area contributed by atoms with Crippen LogP contribution in [-0.4, -0.2) is 6.61 Å². The predicted octanol–water partition coefficient (Wildman–Crippen LogP) is 3.75. The number of rotatable bonds is 4. The van der Waals surface area contributed by atoms with Gasteiger partial charge in [-0.3, -0.25) is 0 Å². The molecule has 0 aliphatic rings. The lowest BCUT2D eigenvalue weighted by Gasteiger charge is -2.09. The maximum absolute atomic E-state index is 8.87. The topological polar surface area (TPSA) is 33.0 Å². The van der Waals surface area contributed by atoms with Gasteiger partial charge in [0.05, 0.1) is 12.2 Å². The van der Waals surface area contributed by atoms with Crippen molar-refractivity contribution in [3.05, 3.63) is 28.2 Å². The van der Waals surface area contributed by atoms with Gasteiger partial charge in [0.2, 0.25) is 0 Å². The van der Waals surface area contributed by atoms with E-state index in [1.165, 1.54) is 0 Å². The van der Waals surface area contributed by atoms with E-state index in [-0.39, 0.29) is 0 Å². The molecule has 0 unspecified atom stereocenters. The highest BCUT2D eigenvalue weighted by Crippen LogP contribution is 2.23. The molecule has 1 aromatic carbocycles. The monoisotopic (exact) mass is 267 g/mol. The molecule has 3 heteroatoms. The van der Waals surface area contributed by atoms with Crippen molar-refractivity contribution in [1.29, 1.82) is 5.26 Å². The van der Waals surface area contributed by atoms with Gasteiger partial charge in [0.1, 0.15) is 11.8 Å². The molecule has 0 aliphatic carbocycles. The van der Waals surface area contributed by atoms with Crippen molar-refractivity contribution in [2.45, 2.75) is 20.3 Å². The Bertz CT molecular complexity index is 368. The van der Waals surface area contributed by atoms with E-state index in [0.717, 1.165) is 10.9 Å². The van der Waals surface area contributed by atoms with E-state index >= 15 is 0 Å². The molecular formula is C12H14BrNO. The summed E-state index contributed by atoms with van der Waals surface area (Å²) in [4.78, 5) is 0. The van der Waals surface area contributed by atoms with E-state index in [0.29, 0.717) is 23.8 Å². The van der Waals surface area contributed by atoms with Crippen LogP contribution in [0.3, 0.4) is 0 Å². The SMILES string of the molecule is CC(C)CCOc1cc(Br)ccc1C#N. The Morgan fingerprint density at radius 1 is 1.47 bits per heavy atom. The fraction of sp³-hybridized carbons (Fsp3) is 0.417. The Morgan fingerprint density at radius 2 is 2.20 bits per heavy atom. The molecular weight excluding hydrogens is 254 g/mol. The molecule has 0 spiro atoms. The first-order chi connectivity index (χ1) is 7.13. The summed E-state index contributed by atoms with van der Waals surface area (Å²) in [5.41, 5.74) is 0.585. The number of nitrogens with zero attached hydrogens (tertiary/aromatic N) is 1. The van der Waals surface area contributed by atoms with Crippen molar-refractivity contribution < 1.29 is 4.74 Å². The summed E-state index contributed by atoms with van der Waals surface area (Å²) in [6.07, 6.45) is 0.997. The summed E-state index contributed by atoms with van der Waals surface area (Å²) in [5, 5.41) is 8.87. The van der Waals surface area contributed by atoms with Gasteiger partial charge in [-0.25, -0.2) is 0 Å². The average molecular weight is 268 g/mol. The molecule has 2 nitrogen and oxygen atoms in total. The first kappa shape index (κ1) is 12.1. The lowest BCUT2D eigenvalue weighted by atomic mass is 10.1. The van der Waals surface area contributed by atoms with Gasteiger partial charge in [-0.2, -0.15) is 5.26 Å². The average Bonchev–Trinajstić information content (AvgIpc) is 2.17. The third-order valence-corrected chi connectivity index (χ3v) is 2.51. The van der Waals surface area contributed by atoms with Gasteiger partial charge in [-0.05, 0) is 30.5 Å². The van der Waals surface area contributed by atoms with Crippen LogP contribution in [-0.2, 0) is 0 Å². The molecule has 0 fully saturated rings. The van der Waals surface area contributed by atoms with Crippen LogP contribution in [0.2, 0.25) is 0 Å². The maximum Gasteiger partial charge on any atom is 0.138 e. The highest BCUT2D eigenvalue weighted by molar-refractivity contribution is 9.10. The van der Waals surface area contributed by atoms with Crippen molar-refractivity contribution >= 4 is 15.9 Å². The van der Waals surface area contributed by atoms with Gasteiger partial charge >= 0.3 is 0 Å². The maximum atomic E-state index is 8.87. The number of hydrogen-bond donors (Lipinski definition) is 0. The summed E-state index contributed by atoms with van der Waals surface area (Å²) in [5.74, 6) is 1.27. The van der Waals surface area contributed by atoms with Crippen LogP contribution >= 0.6 is 15.9 Å². The van der Waals surface area contributed by atoms with E-state index in [1.807, 2.05) is 12.1 Å². The molecule has 0 N–H and O–H groups in total. The van der Waals surface area contributed by atoms with Gasteiger partial charge < -0.3 is 4.74 Å². The second kappa shape index (κ2) is 5.77. The Kier molecular flexibility index (Phi) is 4.64. The van der Waals surface area contributed by atoms with Crippen LogP contribution < -0.4 is 4.74 Å². The minimum atomic E-state index is 0.585. The summed E-state index contributed by atoms with van der Waals surface area (Å²) in [6, 6.07) is 7.55. The third kappa shape index (κ3) is 3.93. The molecule has 80 valence electrons. The minimum Gasteiger partial charge on any atom is -0.492 e. The number of nitriles is 1. The second-order valence-corrected chi connectivity index (χ2v) is 4.70. The zero-order chi connectivity index (χ0) is 11.3. The first-order valence-corrected chi connectivity index (χ1v) is 5.75. The molecule has 0 saturated carbocycles. The molecule has 0 aliphatic heterocycles. The van der Waals surface area contributed by atoms with Crippen LogP contribution in [0.25, 0.3) is 0 Å². The van der Waals surface area contributed by atoms with Gasteiger partial charge in [-0.1, -0.05) is 29.8 Å². The van der Waals surface area contributed by atoms with Crippen LogP contribution in [0.5, 0.6) is 5.75 Å². The standard InChI is InChI=1S/C12H14BrNO/c1-9(2)5-6-15-12-7-11(13)4-3-10(12)8-14/h3-4,7,9H,5-6H2,1-2H3. The molecule has 0 amide bonds. The summed E-state index contributed by atoms with van der Waals surface area (Å²) in [7, 11) is 0. The van der Waals surface area contributed by atoms with Crippen molar-refractivity contribution in [3.8, 4) is 11.8 Å². The number of halogens is 1. The second-order valence-electron chi connectivity index (χ2n) is 3.78. The Labute approximate surface area is 99.0 Å². The van der Waals surface area contributed by atoms with E-state index in [2.05, 4.69) is 35.8 Å². The normalized spacial score (nSPS) is 10.1. The van der Waals surface area contributed by atoms with Gasteiger partial charge in [0, 0.05) is 4.47 Å². The summed E-state index contributed by atoms with van der Waals surface area (Å²) < 4.78 is 6.50. The van der Waals surface area contributed by atoms with E-state index < -0.39 is 0 Å². The molecule has 15 heavy (non-hydrogen) atoms. The Balaban J connectivity index is 2.67. The van der Waals surface area contributed by atoms with Gasteiger partial charge in [-0.15, -0.1) is 0 Å². The van der Waals surface area contributed by atoms with E-state index in [4.69, 9.17) is 10.00 Å². The summed E-state index contributed by atoms with van der Waals surface area (Å²) >= 11 is 3.36. The van der Waals surface area contributed by atoms with E-state index in [9.17, 15) is 0 Å². The summed E-state index contributed by atoms with van der Waals surface area (Å²) in [6.45, 7) is 4.95. The first-order valence-electron chi connectivity index (χ1n) is 4.96. The fourth-order valence-corrected chi connectivity index (χ4v) is 1.45. The minimum absolute atomic E-state index is 0.585. The zero-order valence-electron chi connectivity index (χ0n) is 8.96. The third-order valence-electron chi connectivity index (χ3n) is 2.02. The molecule has 0 atom stereocenters. The van der Waals surface area contributed by atoms with Crippen molar-refractivity contribution in [2.75, 3.05) is 6.61 Å². The van der Waals surface area contributed by atoms with Crippen LogP contribution in [0.15, 0.2) is 22.7 Å². The smallest absolute Gasteiger partial charge is 0.138 e. The number of ether oxygens (including phenoxy) is 1. The lowest BCUT2D eigenvalue weighted by molar-refractivity contribution is 0.288. The van der Waals surface area contributed by atoms with Crippen molar-refractivity contribution in [1.82, 2.24) is 0 Å². The van der Waals surface area contributed by atoms with Crippen molar-refractivity contribution in [3.63, 3.8) is 0 Å². The highest BCUT2D eigenvalue weighted by atomic mass is 79.9. The molecule has 1 aromatic rings.